The van der Waals surface area contributed by atoms with Gasteiger partial charge in [-0.2, -0.15) is 5.10 Å². The summed E-state index contributed by atoms with van der Waals surface area (Å²) in [7, 11) is 1.89. The van der Waals surface area contributed by atoms with E-state index in [1.54, 1.807) is 19.9 Å². The van der Waals surface area contributed by atoms with E-state index in [1.807, 2.05) is 20.0 Å². The maximum atomic E-state index is 12.9. The number of nitrogens with one attached hydrogen (secondary N) is 1. The summed E-state index contributed by atoms with van der Waals surface area (Å²) in [6.45, 7) is 8.88. The molecular weight excluding hydrogens is 318 g/mol. The van der Waals surface area contributed by atoms with Gasteiger partial charge in [-0.3, -0.25) is 13.8 Å². The van der Waals surface area contributed by atoms with Gasteiger partial charge in [0.05, 0.1) is 0 Å². The Morgan fingerprint density at radius 3 is 2.88 bits per heavy atom. The van der Waals surface area contributed by atoms with Crippen molar-refractivity contribution in [2.24, 2.45) is 7.05 Å². The first-order valence-electron chi connectivity index (χ1n) is 8.43. The molecule has 4 heterocycles. The highest BCUT2D eigenvalue weighted by molar-refractivity contribution is 5.73. The number of aromatic nitrogens is 6. The van der Waals surface area contributed by atoms with Gasteiger partial charge in [0.15, 0.2) is 11.6 Å². The van der Waals surface area contributed by atoms with Crippen LogP contribution in [0.15, 0.2) is 23.5 Å². The van der Waals surface area contributed by atoms with Gasteiger partial charge in [-0.15, -0.1) is 6.58 Å². The molecule has 130 valence electrons. The van der Waals surface area contributed by atoms with E-state index in [1.165, 1.54) is 0 Å². The summed E-state index contributed by atoms with van der Waals surface area (Å²) in [6.07, 6.45) is 2.64. The van der Waals surface area contributed by atoms with Gasteiger partial charge in [-0.1, -0.05) is 13.0 Å². The van der Waals surface area contributed by atoms with Crippen LogP contribution in [0, 0.1) is 6.92 Å². The molecule has 3 aliphatic rings. The van der Waals surface area contributed by atoms with Gasteiger partial charge in [0.25, 0.3) is 0 Å². The van der Waals surface area contributed by atoms with Crippen molar-refractivity contribution in [1.29, 1.82) is 0 Å². The molecule has 0 saturated carbocycles. The number of allylic oxidation sites excluding steroid dienone is 1. The summed E-state index contributed by atoms with van der Waals surface area (Å²) in [6, 6.07) is 2.17. The number of anilines is 1. The van der Waals surface area contributed by atoms with E-state index in [9.17, 15) is 4.79 Å². The van der Waals surface area contributed by atoms with Crippen LogP contribution in [0.5, 0.6) is 0 Å². The summed E-state index contributed by atoms with van der Waals surface area (Å²) in [5.74, 6) is 1.85. The Labute approximate surface area is 145 Å². The molecule has 1 atom stereocenters. The minimum absolute atomic E-state index is 0.0884. The van der Waals surface area contributed by atoms with E-state index < -0.39 is 0 Å². The van der Waals surface area contributed by atoms with Gasteiger partial charge < -0.3 is 5.32 Å². The maximum absolute atomic E-state index is 12.9. The van der Waals surface area contributed by atoms with Gasteiger partial charge in [0, 0.05) is 31.9 Å². The molecule has 8 nitrogen and oxygen atoms in total. The lowest BCUT2D eigenvalue weighted by molar-refractivity contribution is 0.582. The first-order valence-corrected chi connectivity index (χ1v) is 8.43. The summed E-state index contributed by atoms with van der Waals surface area (Å²) >= 11 is 0. The Bertz CT molecular complexity index is 974. The lowest BCUT2D eigenvalue weighted by Gasteiger charge is -2.12. The molecule has 0 aromatic carbocycles. The number of aryl methyl sites for hydroxylation is 2. The zero-order valence-electron chi connectivity index (χ0n) is 14.7. The topological polar surface area (TPSA) is 82.6 Å². The van der Waals surface area contributed by atoms with Gasteiger partial charge in [0.1, 0.15) is 17.2 Å². The normalized spacial score (nSPS) is 16.2. The fourth-order valence-electron chi connectivity index (χ4n) is 3.23. The first-order chi connectivity index (χ1) is 12.0. The fourth-order valence-corrected chi connectivity index (χ4v) is 3.23. The Morgan fingerprint density at radius 1 is 1.44 bits per heavy atom. The van der Waals surface area contributed by atoms with Crippen LogP contribution < -0.4 is 11.0 Å². The Balaban J connectivity index is 1.96. The second kappa shape index (κ2) is 5.58. The first kappa shape index (κ1) is 15.6. The van der Waals surface area contributed by atoms with Crippen LogP contribution in [0.2, 0.25) is 0 Å². The molecular formula is C17H21N7O. The van der Waals surface area contributed by atoms with Crippen molar-refractivity contribution in [3.8, 4) is 23.0 Å². The SMILES string of the molecule is C=CCn1c2nc(-c3cc(C)n(C)n3)nc-2c2n(c1=O)C[C@@H](CC)N2. The van der Waals surface area contributed by atoms with Crippen LogP contribution >= 0.6 is 0 Å². The van der Waals surface area contributed by atoms with E-state index >= 15 is 0 Å². The average molecular weight is 339 g/mol. The Morgan fingerprint density at radius 2 is 2.24 bits per heavy atom. The summed E-state index contributed by atoms with van der Waals surface area (Å²) < 4.78 is 5.16. The van der Waals surface area contributed by atoms with Crippen LogP contribution in [0.3, 0.4) is 0 Å². The van der Waals surface area contributed by atoms with Crippen molar-refractivity contribution in [2.75, 3.05) is 5.32 Å². The minimum atomic E-state index is -0.0884. The third-order valence-electron chi connectivity index (χ3n) is 4.74. The average Bonchev–Trinajstić information content (AvgIpc) is 3.28. The lowest BCUT2D eigenvalue weighted by atomic mass is 10.2. The van der Waals surface area contributed by atoms with Gasteiger partial charge in [-0.05, 0) is 19.4 Å². The number of fused-ring (bicyclic) bond motifs is 3. The number of hydrogen-bond donors (Lipinski definition) is 1. The van der Waals surface area contributed by atoms with E-state index in [-0.39, 0.29) is 11.7 Å². The van der Waals surface area contributed by atoms with Crippen molar-refractivity contribution < 1.29 is 0 Å². The second-order valence-corrected chi connectivity index (χ2v) is 6.40. The monoisotopic (exact) mass is 339 g/mol. The Kier molecular flexibility index (Phi) is 3.48. The number of rotatable bonds is 4. The fraction of sp³-hybridized carbons (Fsp3) is 0.412. The van der Waals surface area contributed by atoms with Crippen molar-refractivity contribution >= 4 is 5.82 Å². The van der Waals surface area contributed by atoms with Crippen LogP contribution in [-0.4, -0.2) is 34.9 Å². The molecule has 8 heteroatoms. The zero-order valence-corrected chi connectivity index (χ0v) is 14.7. The summed E-state index contributed by atoms with van der Waals surface area (Å²) in [5, 5.41) is 7.87. The highest BCUT2D eigenvalue weighted by atomic mass is 16.1. The smallest absolute Gasteiger partial charge is 0.331 e. The quantitative estimate of drug-likeness (QED) is 0.731. The predicted molar refractivity (Wildman–Crippen MR) is 95.7 cm³/mol. The molecule has 0 saturated heterocycles. The molecule has 25 heavy (non-hydrogen) atoms. The summed E-state index contributed by atoms with van der Waals surface area (Å²) in [5.41, 5.74) is 2.35. The lowest BCUT2D eigenvalue weighted by Crippen LogP contribution is -2.31. The molecule has 1 aromatic rings. The largest absolute Gasteiger partial charge is 0.365 e. The third kappa shape index (κ3) is 2.28. The maximum Gasteiger partial charge on any atom is 0.331 e. The highest BCUT2D eigenvalue weighted by Gasteiger charge is 2.31. The van der Waals surface area contributed by atoms with E-state index in [0.717, 1.165) is 17.9 Å². The number of imidazole rings is 1. The molecule has 4 rings (SSSR count). The minimum Gasteiger partial charge on any atom is -0.365 e. The highest BCUT2D eigenvalue weighted by Crippen LogP contribution is 2.33. The molecule has 0 amide bonds. The van der Waals surface area contributed by atoms with E-state index in [0.29, 0.717) is 36.1 Å². The standard InChI is InChI=1S/C17H21N7O/c1-5-7-23-16-13(15-18-11(6-2)9-24(15)17(23)25)19-14(20-16)12-8-10(3)22(4)21-12/h5,8,11,18H,1,6-7,9H2,2-4H3/t11-/m1/s1. The van der Waals surface area contributed by atoms with Crippen molar-refractivity contribution in [1.82, 2.24) is 28.9 Å². The molecule has 0 bridgehead atoms. The number of nitrogens with zero attached hydrogens (tertiary/aromatic N) is 6. The van der Waals surface area contributed by atoms with E-state index in [2.05, 4.69) is 28.9 Å². The Hall–Kier alpha value is -2.90. The van der Waals surface area contributed by atoms with Gasteiger partial charge >= 0.3 is 5.69 Å². The molecule has 1 aromatic heterocycles. The van der Waals surface area contributed by atoms with Crippen LogP contribution in [-0.2, 0) is 20.1 Å². The molecule has 0 aliphatic carbocycles. The molecule has 0 fully saturated rings. The second-order valence-electron chi connectivity index (χ2n) is 6.40. The predicted octanol–water partition coefficient (Wildman–Crippen LogP) is 1.64. The van der Waals surface area contributed by atoms with Crippen LogP contribution in [0.1, 0.15) is 19.0 Å². The van der Waals surface area contributed by atoms with Crippen molar-refractivity contribution in [3.63, 3.8) is 0 Å². The van der Waals surface area contributed by atoms with Crippen LogP contribution in [0.25, 0.3) is 23.0 Å². The molecule has 3 aliphatic heterocycles. The van der Waals surface area contributed by atoms with Gasteiger partial charge in [0.2, 0.25) is 0 Å². The van der Waals surface area contributed by atoms with Gasteiger partial charge in [-0.25, -0.2) is 14.8 Å². The van der Waals surface area contributed by atoms with Crippen molar-refractivity contribution in [3.05, 3.63) is 34.9 Å². The molecule has 0 unspecified atom stereocenters. The molecule has 0 radical (unpaired) electrons. The molecule has 0 spiro atoms. The summed E-state index contributed by atoms with van der Waals surface area (Å²) in [4.78, 5) is 22.2. The van der Waals surface area contributed by atoms with Crippen LogP contribution in [0.4, 0.5) is 5.82 Å². The molecule has 1 N–H and O–H groups in total. The zero-order chi connectivity index (χ0) is 17.7. The van der Waals surface area contributed by atoms with Crippen molar-refractivity contribution in [2.45, 2.75) is 39.4 Å². The number of hydrogen-bond acceptors (Lipinski definition) is 5. The van der Waals surface area contributed by atoms with E-state index in [4.69, 9.17) is 4.98 Å². The third-order valence-corrected chi connectivity index (χ3v) is 4.74.